The summed E-state index contributed by atoms with van der Waals surface area (Å²) in [6, 6.07) is 0. The van der Waals surface area contributed by atoms with Gasteiger partial charge in [-0.15, -0.1) is 0 Å². The second-order valence-electron chi connectivity index (χ2n) is 13.7. The average molecular weight is 569 g/mol. The fraction of sp³-hybridized carbons (Fsp3) is 0.897. The average Bonchev–Trinajstić information content (AvgIpc) is 3.45. The molecule has 40 heavy (non-hydrogen) atoms. The lowest BCUT2D eigenvalue weighted by atomic mass is 9.40. The summed E-state index contributed by atoms with van der Waals surface area (Å²) in [5, 5.41) is 77.8. The molecule has 2 aliphatic heterocycles. The second kappa shape index (κ2) is 9.68. The molecule has 6 aliphatic rings. The van der Waals surface area contributed by atoms with Crippen molar-refractivity contribution in [2.75, 3.05) is 13.2 Å². The first-order valence-corrected chi connectivity index (χ1v) is 14.8. The predicted molar refractivity (Wildman–Crippen MR) is 137 cm³/mol. The van der Waals surface area contributed by atoms with E-state index in [1.54, 1.807) is 6.92 Å². The van der Waals surface area contributed by atoms with Crippen LogP contribution in [0.4, 0.5) is 0 Å². The summed E-state index contributed by atoms with van der Waals surface area (Å²) in [5.41, 5.74) is -3.43. The number of cyclic esters (lactones) is 1. The van der Waals surface area contributed by atoms with E-state index in [-0.39, 0.29) is 43.9 Å². The Labute approximate surface area is 233 Å². The van der Waals surface area contributed by atoms with E-state index in [1.165, 1.54) is 6.08 Å². The monoisotopic (exact) mass is 568 g/mol. The quantitative estimate of drug-likeness (QED) is 0.171. The predicted octanol–water partition coefficient (Wildman–Crippen LogP) is -0.486. The zero-order valence-electron chi connectivity index (χ0n) is 23.2. The minimum Gasteiger partial charge on any atom is -0.458 e. The summed E-state index contributed by atoms with van der Waals surface area (Å²) in [7, 11) is 0. The number of rotatable bonds is 4. The van der Waals surface area contributed by atoms with Crippen molar-refractivity contribution in [2.24, 2.45) is 28.6 Å². The van der Waals surface area contributed by atoms with Gasteiger partial charge in [0, 0.05) is 29.2 Å². The zero-order chi connectivity index (χ0) is 28.8. The molecule has 5 fully saturated rings. The second-order valence-corrected chi connectivity index (χ2v) is 13.7. The Hall–Kier alpha value is -1.15. The summed E-state index contributed by atoms with van der Waals surface area (Å²) in [6.07, 6.45) is -2.94. The molecule has 0 aromatic carbocycles. The van der Waals surface area contributed by atoms with Crippen LogP contribution < -0.4 is 0 Å². The van der Waals surface area contributed by atoms with Gasteiger partial charge in [0.25, 0.3) is 0 Å². The lowest BCUT2D eigenvalue weighted by Gasteiger charge is -2.67. The number of carbonyl (C=O) groups is 1. The summed E-state index contributed by atoms with van der Waals surface area (Å²) in [5.74, 6) is -1.38. The van der Waals surface area contributed by atoms with E-state index in [2.05, 4.69) is 0 Å². The molecule has 1 saturated heterocycles. The Balaban J connectivity index is 1.25. The van der Waals surface area contributed by atoms with E-state index in [1.807, 2.05) is 6.92 Å². The van der Waals surface area contributed by atoms with Crippen molar-refractivity contribution in [2.45, 2.75) is 119 Å². The van der Waals surface area contributed by atoms with Crippen molar-refractivity contribution in [1.82, 2.24) is 0 Å². The molecule has 0 spiro atoms. The summed E-state index contributed by atoms with van der Waals surface area (Å²) in [6.45, 7) is 3.41. The molecule has 6 rings (SSSR count). The van der Waals surface area contributed by atoms with Gasteiger partial charge in [0.2, 0.25) is 0 Å². The zero-order valence-corrected chi connectivity index (χ0v) is 23.2. The minimum absolute atomic E-state index is 0.104. The molecule has 7 N–H and O–H groups in total. The first kappa shape index (κ1) is 28.9. The third kappa shape index (κ3) is 3.85. The summed E-state index contributed by atoms with van der Waals surface area (Å²) < 4.78 is 16.8. The molecular weight excluding hydrogens is 524 g/mol. The van der Waals surface area contributed by atoms with E-state index >= 15 is 0 Å². The Bertz CT molecular complexity index is 1050. The molecule has 0 radical (unpaired) electrons. The van der Waals surface area contributed by atoms with Gasteiger partial charge in [-0.1, -0.05) is 6.92 Å². The molecule has 226 valence electrons. The Morgan fingerprint density at radius 2 is 1.75 bits per heavy atom. The fourth-order valence-electron chi connectivity index (χ4n) is 10.0. The van der Waals surface area contributed by atoms with Crippen LogP contribution in [0.15, 0.2) is 11.6 Å². The standard InChI is InChI=1S/C29H44O11/c1-14-22(33)23(34)24(35)25(39-14)40-16-3-6-27(13-30)21-18(4-7-28(27,36)10-16)29(37)8-5-17(15-9-20(32)38-12-15)26(29,2)11-19(21)31/h9,14,16-19,21-25,30-31,33-37H,3-8,10-13H2,1-2H3/t14-,16-,17+,18+,19+,21+,22-,23+,24+,25+,26+,27-,28-,29-/m0/s1. The Morgan fingerprint density at radius 3 is 2.42 bits per heavy atom. The number of hydrogen-bond acceptors (Lipinski definition) is 11. The topological polar surface area (TPSA) is 186 Å². The smallest absolute Gasteiger partial charge is 0.331 e. The highest BCUT2D eigenvalue weighted by Crippen LogP contribution is 2.70. The van der Waals surface area contributed by atoms with Crippen LogP contribution in [0.1, 0.15) is 65.2 Å². The largest absolute Gasteiger partial charge is 0.458 e. The molecule has 14 atom stereocenters. The highest BCUT2D eigenvalue weighted by molar-refractivity contribution is 5.85. The number of carbonyl (C=O) groups excluding carboxylic acids is 1. The van der Waals surface area contributed by atoms with Gasteiger partial charge in [0.05, 0.1) is 36.1 Å². The lowest BCUT2D eigenvalue weighted by Crippen LogP contribution is -2.72. The van der Waals surface area contributed by atoms with E-state index < -0.39 is 70.9 Å². The Kier molecular flexibility index (Phi) is 7.01. The minimum atomic E-state index is -1.46. The molecule has 2 heterocycles. The molecule has 0 amide bonds. The van der Waals surface area contributed by atoms with Crippen LogP contribution in [0.5, 0.6) is 0 Å². The molecule has 4 saturated carbocycles. The van der Waals surface area contributed by atoms with Gasteiger partial charge in [-0.2, -0.15) is 0 Å². The van der Waals surface area contributed by atoms with Crippen LogP contribution in [-0.4, -0.2) is 109 Å². The first-order valence-electron chi connectivity index (χ1n) is 14.8. The fourth-order valence-corrected chi connectivity index (χ4v) is 10.0. The molecule has 0 unspecified atom stereocenters. The van der Waals surface area contributed by atoms with Gasteiger partial charge in [0.1, 0.15) is 24.9 Å². The number of esters is 1. The maximum absolute atomic E-state index is 12.4. The number of hydrogen-bond donors (Lipinski definition) is 7. The number of fused-ring (bicyclic) bond motifs is 5. The van der Waals surface area contributed by atoms with Crippen LogP contribution in [0, 0.1) is 28.6 Å². The maximum Gasteiger partial charge on any atom is 0.331 e. The molecule has 0 aromatic rings. The van der Waals surface area contributed by atoms with Gasteiger partial charge in [-0.05, 0) is 69.3 Å². The normalized spacial score (nSPS) is 56.1. The van der Waals surface area contributed by atoms with Crippen molar-refractivity contribution in [3.8, 4) is 0 Å². The molecule has 11 heteroatoms. The van der Waals surface area contributed by atoms with Gasteiger partial charge in [-0.25, -0.2) is 4.79 Å². The highest BCUT2D eigenvalue weighted by atomic mass is 16.7. The highest BCUT2D eigenvalue weighted by Gasteiger charge is 2.73. The van der Waals surface area contributed by atoms with E-state index in [9.17, 15) is 40.5 Å². The number of ether oxygens (including phenoxy) is 3. The van der Waals surface area contributed by atoms with Crippen LogP contribution in [-0.2, 0) is 19.0 Å². The van der Waals surface area contributed by atoms with E-state index in [0.29, 0.717) is 38.5 Å². The van der Waals surface area contributed by atoms with Gasteiger partial charge >= 0.3 is 5.97 Å². The molecule has 0 aromatic heterocycles. The van der Waals surface area contributed by atoms with Crippen LogP contribution in [0.3, 0.4) is 0 Å². The third-order valence-corrected chi connectivity index (χ3v) is 12.1. The number of aliphatic hydroxyl groups is 7. The van der Waals surface area contributed by atoms with Crippen molar-refractivity contribution in [3.05, 3.63) is 11.6 Å². The van der Waals surface area contributed by atoms with E-state index in [0.717, 1.165) is 5.57 Å². The molecular formula is C29H44O11. The summed E-state index contributed by atoms with van der Waals surface area (Å²) >= 11 is 0. The third-order valence-electron chi connectivity index (χ3n) is 12.1. The van der Waals surface area contributed by atoms with Gasteiger partial charge < -0.3 is 50.0 Å². The van der Waals surface area contributed by atoms with Gasteiger partial charge in [-0.3, -0.25) is 0 Å². The van der Waals surface area contributed by atoms with Crippen LogP contribution in [0.2, 0.25) is 0 Å². The van der Waals surface area contributed by atoms with Crippen molar-refractivity contribution in [3.63, 3.8) is 0 Å². The molecule has 4 aliphatic carbocycles. The molecule has 0 bridgehead atoms. The summed E-state index contributed by atoms with van der Waals surface area (Å²) in [4.78, 5) is 11.8. The number of aliphatic hydroxyl groups excluding tert-OH is 5. The van der Waals surface area contributed by atoms with E-state index in [4.69, 9.17) is 14.2 Å². The van der Waals surface area contributed by atoms with Crippen molar-refractivity contribution >= 4 is 5.97 Å². The van der Waals surface area contributed by atoms with Crippen LogP contribution in [0.25, 0.3) is 0 Å². The van der Waals surface area contributed by atoms with Crippen LogP contribution >= 0.6 is 0 Å². The van der Waals surface area contributed by atoms with Crippen molar-refractivity contribution in [1.29, 1.82) is 0 Å². The maximum atomic E-state index is 12.4. The lowest BCUT2D eigenvalue weighted by molar-refractivity contribution is -0.327. The Morgan fingerprint density at radius 1 is 1.00 bits per heavy atom. The van der Waals surface area contributed by atoms with Crippen molar-refractivity contribution < 1.29 is 54.8 Å². The molecule has 11 nitrogen and oxygen atoms in total. The first-order chi connectivity index (χ1) is 18.8. The van der Waals surface area contributed by atoms with Gasteiger partial charge in [0.15, 0.2) is 6.29 Å². The SMILES string of the molecule is C[C@@H]1O[C@H](O[C@H]2CC[C@]3(CO)[C@H]4[C@H](O)C[C@]5(C)[C@@H](C6=CC(=O)OC6)CC[C@]5(O)[C@@H]4CC[C@]3(O)C2)[C@H](O)[C@H](O)[C@H]1O.